The Kier molecular flexibility index (Phi) is 32.5. The maximum atomic E-state index is 14.5. The fourth-order valence-electron chi connectivity index (χ4n) is 13.2. The molecule has 0 saturated heterocycles. The normalized spacial score (nSPS) is 15.6. The first kappa shape index (κ1) is 82.4. The highest BCUT2D eigenvalue weighted by molar-refractivity contribution is 7.22. The van der Waals surface area contributed by atoms with E-state index >= 15 is 0 Å². The number of nitrogens with zero attached hydrogens (tertiary/aromatic N) is 6. The van der Waals surface area contributed by atoms with Gasteiger partial charge >= 0.3 is 35.8 Å². The van der Waals surface area contributed by atoms with Crippen LogP contribution >= 0.6 is 22.7 Å². The molecule has 20 nitrogen and oxygen atoms in total. The van der Waals surface area contributed by atoms with Crippen molar-refractivity contribution in [2.24, 2.45) is 33.9 Å². The number of hydrogen-bond donors (Lipinski definition) is 0. The molecule has 2 fully saturated rings. The van der Waals surface area contributed by atoms with Gasteiger partial charge in [0.1, 0.15) is 34.5 Å². The van der Waals surface area contributed by atoms with Crippen LogP contribution in [0, 0.1) is 37.5 Å². The highest BCUT2D eigenvalue weighted by Gasteiger charge is 2.35. The van der Waals surface area contributed by atoms with Crippen LogP contribution in [0.25, 0.3) is 31.6 Å². The largest absolute Gasteiger partial charge is 0.494 e. The molecular weight excluding hydrogens is 1430 g/mol. The number of carbonyl (C=O) groups is 6. The van der Waals surface area contributed by atoms with E-state index in [9.17, 15) is 28.8 Å². The van der Waals surface area contributed by atoms with Crippen LogP contribution in [0.4, 0.5) is 10.3 Å². The van der Waals surface area contributed by atoms with Crippen LogP contribution in [0.1, 0.15) is 190 Å². The quantitative estimate of drug-likeness (QED) is 0.00863. The Labute approximate surface area is 654 Å². The second-order valence-corrected chi connectivity index (χ2v) is 30.3. The van der Waals surface area contributed by atoms with Gasteiger partial charge in [0.2, 0.25) is 10.3 Å². The van der Waals surface area contributed by atoms with E-state index in [0.29, 0.717) is 137 Å². The highest BCUT2D eigenvalue weighted by Crippen LogP contribution is 2.38. The molecule has 0 unspecified atom stereocenters. The van der Waals surface area contributed by atoms with Gasteiger partial charge in [-0.25, -0.2) is 29.6 Å². The van der Waals surface area contributed by atoms with E-state index < -0.39 is 47.5 Å². The topological polar surface area (TPSA) is 233 Å². The standard InChI is InChI=1S/C88H104N6O14S2/c1-7-11-13-19-49-93(87-91-75-45-25-61(5)55-79(75)109-87)89-59-69-57-67(35-47-77(69)107-85(99)65-31-27-63(28-32-65)83(97)105-73-41-37-71(38-42-73)101-51-21-15-17-23-53-103-81(95)9-3)68-36-48-78(70(58-68)60-90-94(50-20-14-12-8-2)88-92-76-46-26-62(6)56-80(76)110-88)108-86(100)66-33-29-64(30-34-66)84(98)106-74-43-39-72(40-44-74)102-52-22-16-18-24-54-104-82(96)10-4/h9-10,25-26,35-48,55-60,63-66H,3-4,7-8,11-24,27-34,49-54H2,1-2,5-6H3/b89-59+,90-60+. The Morgan fingerprint density at radius 1 is 0.418 bits per heavy atom. The lowest BCUT2D eigenvalue weighted by Gasteiger charge is -2.26. The van der Waals surface area contributed by atoms with Crippen LogP contribution in [0.3, 0.4) is 0 Å². The fraction of sp³-hybridized carbons (Fsp3) is 0.432. The second kappa shape index (κ2) is 43.4. The summed E-state index contributed by atoms with van der Waals surface area (Å²) < 4.78 is 48.6. The second-order valence-electron chi connectivity index (χ2n) is 28.3. The van der Waals surface area contributed by atoms with E-state index in [0.717, 1.165) is 168 Å². The molecule has 0 N–H and O–H groups in total. The predicted octanol–water partition coefficient (Wildman–Crippen LogP) is 20.0. The summed E-state index contributed by atoms with van der Waals surface area (Å²) in [6, 6.07) is 37.8. The number of benzene rings is 6. The van der Waals surface area contributed by atoms with Crippen molar-refractivity contribution in [3.8, 4) is 45.6 Å². The summed E-state index contributed by atoms with van der Waals surface area (Å²) in [7, 11) is 0. The first-order valence-corrected chi connectivity index (χ1v) is 40.8. The average Bonchev–Trinajstić information content (AvgIpc) is 1.35. The Morgan fingerprint density at radius 3 is 1.13 bits per heavy atom. The van der Waals surface area contributed by atoms with Crippen molar-refractivity contribution in [2.75, 3.05) is 49.5 Å². The third kappa shape index (κ3) is 25.5. The molecule has 0 bridgehead atoms. The molecule has 110 heavy (non-hydrogen) atoms. The SMILES string of the molecule is C=CC(=O)OCCCCCCOc1ccc(OC(=O)C2CCC(C(=O)Oc3ccc(-c4ccc(OC(=O)C5CCC(C(=O)Oc6ccc(OCCCCCCOC(=O)C=C)cc6)CC5)c(/C=N/N(CCCCCC)c5nc6ccc(C)cc6s5)c4)cc3/C=N/N(CCCCCC)c3nc4ccc(C)cc4s3)CC2)cc1. The van der Waals surface area contributed by atoms with Crippen molar-refractivity contribution < 1.29 is 66.7 Å². The summed E-state index contributed by atoms with van der Waals surface area (Å²) in [6.07, 6.45) is 24.3. The van der Waals surface area contributed by atoms with Crippen LogP contribution in [0.2, 0.25) is 0 Å². The number of rotatable bonds is 43. The number of aromatic nitrogens is 2. The number of unbranched alkanes of at least 4 members (excludes halogenated alkanes) is 12. The van der Waals surface area contributed by atoms with Crippen molar-refractivity contribution >= 4 is 102 Å². The summed E-state index contributed by atoms with van der Waals surface area (Å²) in [4.78, 5) is 88.8. The van der Waals surface area contributed by atoms with Gasteiger partial charge in [-0.2, -0.15) is 10.2 Å². The summed E-state index contributed by atoms with van der Waals surface area (Å²) in [5.74, 6) is -1.30. The number of ether oxygens (including phenoxy) is 8. The Hall–Kier alpha value is -10.1. The first-order chi connectivity index (χ1) is 53.6. The number of hydrazone groups is 2. The lowest BCUT2D eigenvalue weighted by Crippen LogP contribution is -2.30. The van der Waals surface area contributed by atoms with Gasteiger partial charge < -0.3 is 37.9 Å². The van der Waals surface area contributed by atoms with Crippen LogP contribution in [0.15, 0.2) is 157 Å². The van der Waals surface area contributed by atoms with Crippen molar-refractivity contribution in [1.29, 1.82) is 0 Å². The number of aryl methyl sites for hydroxylation is 2. The van der Waals surface area contributed by atoms with Gasteiger partial charge in [0.15, 0.2) is 0 Å². The third-order valence-corrected chi connectivity index (χ3v) is 21.8. The Morgan fingerprint density at radius 2 is 0.764 bits per heavy atom. The van der Waals surface area contributed by atoms with Gasteiger partial charge in [0.05, 0.1) is 83.0 Å². The molecule has 6 aromatic carbocycles. The number of hydrogen-bond acceptors (Lipinski definition) is 22. The van der Waals surface area contributed by atoms with E-state index in [1.807, 2.05) is 46.4 Å². The average molecular weight is 1530 g/mol. The number of thiazole rings is 2. The summed E-state index contributed by atoms with van der Waals surface area (Å²) in [6.45, 7) is 18.3. The molecule has 0 amide bonds. The molecule has 0 atom stereocenters. The Balaban J connectivity index is 0.855. The van der Waals surface area contributed by atoms with Crippen LogP contribution in [-0.4, -0.2) is 97.7 Å². The van der Waals surface area contributed by atoms with Crippen LogP contribution in [-0.2, 0) is 38.2 Å². The zero-order chi connectivity index (χ0) is 77.4. The van der Waals surface area contributed by atoms with Crippen molar-refractivity contribution in [1.82, 2.24) is 9.97 Å². The monoisotopic (exact) mass is 1530 g/mol. The van der Waals surface area contributed by atoms with Gasteiger partial charge in [0, 0.05) is 36.4 Å². The molecule has 2 heterocycles. The number of anilines is 2. The number of carbonyl (C=O) groups excluding carboxylic acids is 6. The van der Waals surface area contributed by atoms with E-state index in [2.05, 4.69) is 65.1 Å². The molecule has 22 heteroatoms. The maximum absolute atomic E-state index is 14.5. The minimum atomic E-state index is -0.475. The van der Waals surface area contributed by atoms with Gasteiger partial charge in [-0.05, 0) is 249 Å². The molecule has 0 radical (unpaired) electrons. The van der Waals surface area contributed by atoms with Crippen LogP contribution in [0.5, 0.6) is 34.5 Å². The predicted molar refractivity (Wildman–Crippen MR) is 435 cm³/mol. The van der Waals surface area contributed by atoms with Crippen molar-refractivity contribution in [2.45, 2.75) is 182 Å². The molecule has 2 aliphatic carbocycles. The van der Waals surface area contributed by atoms with Gasteiger partial charge in [0.25, 0.3) is 0 Å². The molecule has 582 valence electrons. The Bertz CT molecular complexity index is 4140. The smallest absolute Gasteiger partial charge is 0.330 e. The highest BCUT2D eigenvalue weighted by atomic mass is 32.1. The molecular formula is C88H104N6O14S2. The number of esters is 6. The maximum Gasteiger partial charge on any atom is 0.330 e. The van der Waals surface area contributed by atoms with Crippen LogP contribution < -0.4 is 38.4 Å². The fourth-order valence-corrected chi connectivity index (χ4v) is 15.3. The van der Waals surface area contributed by atoms with E-state index in [-0.39, 0.29) is 11.9 Å². The third-order valence-electron chi connectivity index (χ3n) is 19.7. The lowest BCUT2D eigenvalue weighted by atomic mass is 9.82. The lowest BCUT2D eigenvalue weighted by molar-refractivity contribution is -0.145. The van der Waals surface area contributed by atoms with E-state index in [4.69, 9.17) is 58.1 Å². The summed E-state index contributed by atoms with van der Waals surface area (Å²) in [5, 5.41) is 15.7. The molecule has 2 aliphatic rings. The molecule has 8 aromatic rings. The van der Waals surface area contributed by atoms with Gasteiger partial charge in [-0.15, -0.1) is 0 Å². The van der Waals surface area contributed by atoms with Crippen molar-refractivity contribution in [3.05, 3.63) is 169 Å². The van der Waals surface area contributed by atoms with E-state index in [1.165, 1.54) is 0 Å². The zero-order valence-corrected chi connectivity index (χ0v) is 65.6. The zero-order valence-electron chi connectivity index (χ0n) is 64.0. The minimum Gasteiger partial charge on any atom is -0.494 e. The summed E-state index contributed by atoms with van der Waals surface area (Å²) in [5.41, 5.74) is 6.64. The molecule has 0 aliphatic heterocycles. The molecule has 10 rings (SSSR count). The van der Waals surface area contributed by atoms with Gasteiger partial charge in [-0.1, -0.05) is 112 Å². The summed E-state index contributed by atoms with van der Waals surface area (Å²) >= 11 is 3.16. The minimum absolute atomic E-state index is 0.314. The molecule has 2 aromatic heterocycles. The molecule has 0 spiro atoms. The number of fused-ring (bicyclic) bond motifs is 2. The van der Waals surface area contributed by atoms with E-state index in [1.54, 1.807) is 95.8 Å². The first-order valence-electron chi connectivity index (χ1n) is 39.2. The van der Waals surface area contributed by atoms with Gasteiger partial charge in [-0.3, -0.25) is 19.2 Å². The van der Waals surface area contributed by atoms with Crippen molar-refractivity contribution in [3.63, 3.8) is 0 Å². The molecule has 2 saturated carbocycles.